The van der Waals surface area contributed by atoms with Crippen LogP contribution in [-0.2, 0) is 0 Å². The van der Waals surface area contributed by atoms with Crippen LogP contribution in [0.15, 0.2) is 24.5 Å². The topological polar surface area (TPSA) is 62.4 Å². The minimum atomic E-state index is -0.342. The number of rotatable bonds is 5. The molecule has 0 fully saturated rings. The molecule has 4 nitrogen and oxygen atoms in total. The van der Waals surface area contributed by atoms with E-state index in [-0.39, 0.29) is 12.1 Å². The van der Waals surface area contributed by atoms with Gasteiger partial charge in [-0.1, -0.05) is 0 Å². The molecule has 4 heteroatoms. The van der Waals surface area contributed by atoms with E-state index in [1.165, 1.54) is 0 Å². The summed E-state index contributed by atoms with van der Waals surface area (Å²) in [7, 11) is 1.96. The van der Waals surface area contributed by atoms with E-state index in [1.807, 2.05) is 19.2 Å². The van der Waals surface area contributed by atoms with Crippen molar-refractivity contribution in [1.82, 2.24) is 9.88 Å². The highest BCUT2D eigenvalue weighted by molar-refractivity contribution is 5.15. The third-order valence-electron chi connectivity index (χ3n) is 2.40. The van der Waals surface area contributed by atoms with Crippen molar-refractivity contribution in [2.24, 2.45) is 5.73 Å². The molecule has 1 aromatic rings. The molecule has 15 heavy (non-hydrogen) atoms. The molecule has 1 heterocycles. The number of hydrogen-bond donors (Lipinski definition) is 2. The second-order valence-corrected chi connectivity index (χ2v) is 3.82. The van der Waals surface area contributed by atoms with E-state index in [2.05, 4.69) is 9.88 Å². The van der Waals surface area contributed by atoms with Gasteiger partial charge in [0.1, 0.15) is 0 Å². The van der Waals surface area contributed by atoms with Gasteiger partial charge in [-0.2, -0.15) is 0 Å². The van der Waals surface area contributed by atoms with Crippen molar-refractivity contribution in [3.63, 3.8) is 0 Å². The summed E-state index contributed by atoms with van der Waals surface area (Å²) in [6.07, 6.45) is 3.17. The lowest BCUT2D eigenvalue weighted by Crippen LogP contribution is -2.35. The molecule has 0 aliphatic rings. The Morgan fingerprint density at radius 2 is 2.07 bits per heavy atom. The number of likely N-dealkylation sites (N-methyl/N-ethyl adjacent to an activating group) is 1. The van der Waals surface area contributed by atoms with Gasteiger partial charge in [0.2, 0.25) is 0 Å². The Morgan fingerprint density at radius 1 is 1.47 bits per heavy atom. The third kappa shape index (κ3) is 3.58. The predicted octanol–water partition coefficient (Wildman–Crippen LogP) is 0.394. The first-order valence-electron chi connectivity index (χ1n) is 5.13. The van der Waals surface area contributed by atoms with Gasteiger partial charge in [-0.25, -0.2) is 0 Å². The van der Waals surface area contributed by atoms with Crippen LogP contribution in [0.4, 0.5) is 0 Å². The molecule has 1 aromatic heterocycles. The van der Waals surface area contributed by atoms with Crippen LogP contribution >= 0.6 is 0 Å². The average Bonchev–Trinajstić information content (AvgIpc) is 2.19. The van der Waals surface area contributed by atoms with Gasteiger partial charge in [-0.15, -0.1) is 0 Å². The van der Waals surface area contributed by atoms with Gasteiger partial charge >= 0.3 is 0 Å². The molecule has 1 rings (SSSR count). The lowest BCUT2D eigenvalue weighted by molar-refractivity contribution is 0.119. The number of aliphatic hydroxyl groups excluding tert-OH is 1. The highest BCUT2D eigenvalue weighted by Crippen LogP contribution is 2.17. The van der Waals surface area contributed by atoms with E-state index in [0.717, 1.165) is 5.56 Å². The molecule has 0 amide bonds. The zero-order valence-electron chi connectivity index (χ0n) is 9.30. The molecule has 0 aliphatic carbocycles. The minimum Gasteiger partial charge on any atom is -0.392 e. The largest absolute Gasteiger partial charge is 0.392 e. The number of hydrogen-bond acceptors (Lipinski definition) is 4. The molecule has 0 bridgehead atoms. The van der Waals surface area contributed by atoms with Crippen molar-refractivity contribution in [1.29, 1.82) is 0 Å². The second-order valence-electron chi connectivity index (χ2n) is 3.82. The Balaban J connectivity index is 2.71. The third-order valence-corrected chi connectivity index (χ3v) is 2.40. The fourth-order valence-corrected chi connectivity index (χ4v) is 1.70. The fourth-order valence-electron chi connectivity index (χ4n) is 1.70. The van der Waals surface area contributed by atoms with E-state index in [9.17, 15) is 5.11 Å². The van der Waals surface area contributed by atoms with Gasteiger partial charge in [0, 0.05) is 31.5 Å². The normalized spacial score (nSPS) is 15.3. The molecule has 0 aromatic carbocycles. The Kier molecular flexibility index (Phi) is 4.68. The summed E-state index contributed by atoms with van der Waals surface area (Å²) in [6, 6.07) is 4.05. The Labute approximate surface area is 90.7 Å². The quantitative estimate of drug-likeness (QED) is 0.736. The van der Waals surface area contributed by atoms with Crippen LogP contribution in [0.1, 0.15) is 18.5 Å². The predicted molar refractivity (Wildman–Crippen MR) is 60.3 cm³/mol. The molecule has 2 atom stereocenters. The van der Waals surface area contributed by atoms with Crippen molar-refractivity contribution in [3.8, 4) is 0 Å². The van der Waals surface area contributed by atoms with Crippen LogP contribution in [0.5, 0.6) is 0 Å². The van der Waals surface area contributed by atoms with Crippen molar-refractivity contribution in [3.05, 3.63) is 30.1 Å². The van der Waals surface area contributed by atoms with Gasteiger partial charge in [-0.3, -0.25) is 9.88 Å². The SMILES string of the molecule is CC(O)CN(C)C(CN)c1ccncc1. The molecule has 2 unspecified atom stereocenters. The number of nitrogens with two attached hydrogens (primary N) is 1. The van der Waals surface area contributed by atoms with Crippen molar-refractivity contribution < 1.29 is 5.11 Å². The molecule has 0 aliphatic heterocycles. The van der Waals surface area contributed by atoms with E-state index in [0.29, 0.717) is 13.1 Å². The van der Waals surface area contributed by atoms with Crippen LogP contribution in [-0.4, -0.2) is 41.2 Å². The van der Waals surface area contributed by atoms with Gasteiger partial charge in [-0.05, 0) is 31.7 Å². The zero-order valence-corrected chi connectivity index (χ0v) is 9.30. The number of aromatic nitrogens is 1. The number of nitrogens with zero attached hydrogens (tertiary/aromatic N) is 2. The summed E-state index contributed by atoms with van der Waals surface area (Å²) in [5.74, 6) is 0. The first-order valence-corrected chi connectivity index (χ1v) is 5.13. The maximum Gasteiger partial charge on any atom is 0.0639 e. The highest BCUT2D eigenvalue weighted by Gasteiger charge is 2.16. The van der Waals surface area contributed by atoms with Crippen molar-refractivity contribution in [2.45, 2.75) is 19.1 Å². The Hall–Kier alpha value is -0.970. The first-order chi connectivity index (χ1) is 7.15. The average molecular weight is 209 g/mol. The smallest absolute Gasteiger partial charge is 0.0639 e. The van der Waals surface area contributed by atoms with E-state index in [1.54, 1.807) is 19.3 Å². The number of pyridine rings is 1. The Morgan fingerprint density at radius 3 is 2.53 bits per heavy atom. The van der Waals surface area contributed by atoms with Crippen LogP contribution in [0, 0.1) is 0 Å². The highest BCUT2D eigenvalue weighted by atomic mass is 16.3. The lowest BCUT2D eigenvalue weighted by atomic mass is 10.1. The monoisotopic (exact) mass is 209 g/mol. The molecule has 0 spiro atoms. The molecule has 0 saturated heterocycles. The summed E-state index contributed by atoms with van der Waals surface area (Å²) in [6.45, 7) is 2.92. The van der Waals surface area contributed by atoms with E-state index >= 15 is 0 Å². The van der Waals surface area contributed by atoms with Gasteiger partial charge in [0.05, 0.1) is 6.10 Å². The molecule has 0 radical (unpaired) electrons. The van der Waals surface area contributed by atoms with Crippen molar-refractivity contribution in [2.75, 3.05) is 20.1 Å². The maximum atomic E-state index is 9.32. The lowest BCUT2D eigenvalue weighted by Gasteiger charge is -2.28. The first kappa shape index (κ1) is 12.1. The maximum absolute atomic E-state index is 9.32. The van der Waals surface area contributed by atoms with E-state index in [4.69, 9.17) is 5.73 Å². The fraction of sp³-hybridized carbons (Fsp3) is 0.545. The summed E-state index contributed by atoms with van der Waals surface area (Å²) >= 11 is 0. The molecule has 84 valence electrons. The standard InChI is InChI=1S/C11H19N3O/c1-9(15)8-14(2)11(7-12)10-3-5-13-6-4-10/h3-6,9,11,15H,7-8,12H2,1-2H3. The molecular weight excluding hydrogens is 190 g/mol. The van der Waals surface area contributed by atoms with E-state index < -0.39 is 0 Å². The Bertz CT molecular complexity index is 276. The van der Waals surface area contributed by atoms with Crippen LogP contribution < -0.4 is 5.73 Å². The summed E-state index contributed by atoms with van der Waals surface area (Å²) in [5, 5.41) is 9.32. The summed E-state index contributed by atoms with van der Waals surface area (Å²) < 4.78 is 0. The molecule has 0 saturated carbocycles. The van der Waals surface area contributed by atoms with Gasteiger partial charge in [0.15, 0.2) is 0 Å². The summed E-state index contributed by atoms with van der Waals surface area (Å²) in [5.41, 5.74) is 6.87. The van der Waals surface area contributed by atoms with Crippen LogP contribution in [0.3, 0.4) is 0 Å². The summed E-state index contributed by atoms with van der Waals surface area (Å²) in [4.78, 5) is 6.03. The van der Waals surface area contributed by atoms with Gasteiger partial charge < -0.3 is 10.8 Å². The number of aliphatic hydroxyl groups is 1. The van der Waals surface area contributed by atoms with Crippen molar-refractivity contribution >= 4 is 0 Å². The zero-order chi connectivity index (χ0) is 11.3. The van der Waals surface area contributed by atoms with Gasteiger partial charge in [0.25, 0.3) is 0 Å². The van der Waals surface area contributed by atoms with Crippen LogP contribution in [0.2, 0.25) is 0 Å². The molecule has 3 N–H and O–H groups in total. The second kappa shape index (κ2) is 5.80. The molecular formula is C11H19N3O. The van der Waals surface area contributed by atoms with Crippen LogP contribution in [0.25, 0.3) is 0 Å². The minimum absolute atomic E-state index is 0.141.